The van der Waals surface area contributed by atoms with E-state index in [0.717, 1.165) is 67.0 Å². The van der Waals surface area contributed by atoms with Gasteiger partial charge in [0.2, 0.25) is 0 Å². The summed E-state index contributed by atoms with van der Waals surface area (Å²) in [6, 6.07) is 14.7. The molecular weight excluding hydrogens is 430 g/mol. The van der Waals surface area contributed by atoms with Gasteiger partial charge in [-0.15, -0.1) is 0 Å². The number of aliphatic hydroxyl groups is 1. The molecule has 0 aliphatic carbocycles. The molecule has 2 aliphatic rings. The van der Waals surface area contributed by atoms with Crippen molar-refractivity contribution in [3.05, 3.63) is 59.3 Å². The number of pyridine rings is 1. The number of aliphatic hydroxyl groups excluding tert-OH is 1. The molecule has 1 atom stereocenters. The summed E-state index contributed by atoms with van der Waals surface area (Å²) in [6.07, 6.45) is -0.647. The number of benzene rings is 2. The lowest BCUT2D eigenvalue weighted by atomic mass is 9.95. The largest absolute Gasteiger partial charge is 0.389 e. The molecule has 178 valence electrons. The third-order valence-electron chi connectivity index (χ3n) is 6.90. The average molecular weight is 462 g/mol. The fraction of sp³-hybridized carbons (Fsp3) is 0.385. The number of fused-ring (bicyclic) bond motifs is 1. The molecule has 1 unspecified atom stereocenters. The molecule has 4 N–H and O–H groups in total. The first-order valence-corrected chi connectivity index (χ1v) is 11.7. The minimum atomic E-state index is -0.647. The van der Waals surface area contributed by atoms with Crippen LogP contribution in [0, 0.1) is 12.3 Å². The molecule has 2 aliphatic heterocycles. The second-order valence-corrected chi connectivity index (χ2v) is 9.23. The van der Waals surface area contributed by atoms with Crippen LogP contribution in [0.2, 0.25) is 0 Å². The van der Waals surface area contributed by atoms with Crippen LogP contribution >= 0.6 is 0 Å². The number of rotatable bonds is 5. The Morgan fingerprint density at radius 2 is 1.82 bits per heavy atom. The van der Waals surface area contributed by atoms with Gasteiger partial charge in [0.1, 0.15) is 5.69 Å². The molecule has 2 aromatic carbocycles. The van der Waals surface area contributed by atoms with E-state index < -0.39 is 6.10 Å². The van der Waals surface area contributed by atoms with Crippen molar-refractivity contribution in [1.29, 1.82) is 5.41 Å². The number of anilines is 1. The van der Waals surface area contributed by atoms with E-state index in [4.69, 9.17) is 15.1 Å². The molecular formula is C26H31N5O3. The Bertz CT molecular complexity index is 1200. The van der Waals surface area contributed by atoms with Crippen LogP contribution in [0.5, 0.6) is 0 Å². The highest BCUT2D eigenvalue weighted by Gasteiger charge is 2.29. The highest BCUT2D eigenvalue weighted by atomic mass is 16.5. The highest BCUT2D eigenvalue weighted by molar-refractivity contribution is 6.03. The SMILES string of the molecule is Cc1cc(C(C)O)c2cc(-c3ccc(N4CCN(C5COC5)CC4)cc3)c(C(=N)NO)nc2c1. The first kappa shape index (κ1) is 22.7. The van der Waals surface area contributed by atoms with Gasteiger partial charge in [0, 0.05) is 42.8 Å². The van der Waals surface area contributed by atoms with E-state index in [2.05, 4.69) is 21.9 Å². The van der Waals surface area contributed by atoms with Gasteiger partial charge >= 0.3 is 0 Å². The highest BCUT2D eigenvalue weighted by Crippen LogP contribution is 2.33. The van der Waals surface area contributed by atoms with Crippen molar-refractivity contribution in [3.63, 3.8) is 0 Å². The van der Waals surface area contributed by atoms with E-state index in [-0.39, 0.29) is 5.84 Å². The Kier molecular flexibility index (Phi) is 6.22. The Hall–Kier alpha value is -3.04. The lowest BCUT2D eigenvalue weighted by Crippen LogP contribution is -2.56. The standard InChI is InChI=1S/C26H31N5O3/c1-16-11-21(17(2)32)23-13-22(25(26(27)29-33)28-24(23)12-16)18-3-5-19(6-4-18)30-7-9-31(10-8-30)20-14-34-15-20/h3-6,11-13,17,20,32-33H,7-10,14-15H2,1-2H3,(H2,27,29). The second kappa shape index (κ2) is 9.31. The predicted octanol–water partition coefficient (Wildman–Crippen LogP) is 3.09. The van der Waals surface area contributed by atoms with Crippen molar-refractivity contribution in [2.45, 2.75) is 26.0 Å². The average Bonchev–Trinajstić information content (AvgIpc) is 2.81. The molecule has 2 fully saturated rings. The first-order valence-electron chi connectivity index (χ1n) is 11.7. The van der Waals surface area contributed by atoms with Gasteiger partial charge in [-0.3, -0.25) is 21.0 Å². The molecule has 34 heavy (non-hydrogen) atoms. The van der Waals surface area contributed by atoms with E-state index in [9.17, 15) is 10.3 Å². The normalized spacial score (nSPS) is 18.1. The maximum Gasteiger partial charge on any atom is 0.169 e. The Morgan fingerprint density at radius 3 is 2.41 bits per heavy atom. The van der Waals surface area contributed by atoms with Crippen molar-refractivity contribution in [2.24, 2.45) is 0 Å². The number of amidine groups is 1. The quantitative estimate of drug-likeness (QED) is 0.263. The summed E-state index contributed by atoms with van der Waals surface area (Å²) in [5.74, 6) is -0.169. The van der Waals surface area contributed by atoms with Crippen LogP contribution in [0.4, 0.5) is 5.69 Å². The number of nitrogens with one attached hydrogen (secondary N) is 2. The smallest absolute Gasteiger partial charge is 0.169 e. The van der Waals surface area contributed by atoms with Crippen molar-refractivity contribution >= 4 is 22.4 Å². The van der Waals surface area contributed by atoms with E-state index >= 15 is 0 Å². The van der Waals surface area contributed by atoms with Gasteiger partial charge in [-0.25, -0.2) is 4.98 Å². The van der Waals surface area contributed by atoms with E-state index in [1.54, 1.807) is 6.92 Å². The van der Waals surface area contributed by atoms with Gasteiger partial charge in [-0.2, -0.15) is 0 Å². The Labute approximate surface area is 199 Å². The number of nitrogens with zero attached hydrogens (tertiary/aromatic N) is 3. The third-order valence-corrected chi connectivity index (χ3v) is 6.90. The molecule has 0 amide bonds. The minimum Gasteiger partial charge on any atom is -0.389 e. The minimum absolute atomic E-state index is 0.169. The van der Waals surface area contributed by atoms with E-state index in [1.165, 1.54) is 5.69 Å². The lowest BCUT2D eigenvalue weighted by molar-refractivity contribution is -0.0660. The maximum atomic E-state index is 10.3. The molecule has 5 rings (SSSR count). The van der Waals surface area contributed by atoms with Crippen LogP contribution in [-0.4, -0.2) is 71.5 Å². The molecule has 8 heteroatoms. The third kappa shape index (κ3) is 4.25. The van der Waals surface area contributed by atoms with Crippen molar-refractivity contribution in [1.82, 2.24) is 15.4 Å². The zero-order chi connectivity index (χ0) is 23.8. The first-order chi connectivity index (χ1) is 16.4. The number of aromatic nitrogens is 1. The number of hydrogen-bond acceptors (Lipinski definition) is 7. The van der Waals surface area contributed by atoms with Gasteiger partial charge in [0.25, 0.3) is 0 Å². The number of hydrogen-bond donors (Lipinski definition) is 4. The fourth-order valence-electron chi connectivity index (χ4n) is 4.89. The summed E-state index contributed by atoms with van der Waals surface area (Å²) >= 11 is 0. The van der Waals surface area contributed by atoms with Gasteiger partial charge in [0.15, 0.2) is 5.84 Å². The van der Waals surface area contributed by atoms with Crippen LogP contribution in [0.1, 0.15) is 29.8 Å². The molecule has 0 spiro atoms. The van der Waals surface area contributed by atoms with E-state index in [1.807, 2.05) is 42.7 Å². The van der Waals surface area contributed by atoms with Crippen LogP contribution in [0.25, 0.3) is 22.0 Å². The van der Waals surface area contributed by atoms with Crippen molar-refractivity contribution < 1.29 is 15.1 Å². The molecule has 0 bridgehead atoms. The summed E-state index contributed by atoms with van der Waals surface area (Å²) in [5.41, 5.74) is 7.56. The van der Waals surface area contributed by atoms with Crippen LogP contribution in [0.3, 0.4) is 0 Å². The number of piperazine rings is 1. The van der Waals surface area contributed by atoms with Gasteiger partial charge < -0.3 is 14.7 Å². The topological polar surface area (TPSA) is 105 Å². The van der Waals surface area contributed by atoms with Crippen LogP contribution < -0.4 is 10.4 Å². The van der Waals surface area contributed by atoms with Gasteiger partial charge in [0.05, 0.1) is 30.9 Å². The lowest BCUT2D eigenvalue weighted by Gasteiger charge is -2.43. The zero-order valence-electron chi connectivity index (χ0n) is 19.6. The summed E-state index contributed by atoms with van der Waals surface area (Å²) < 4.78 is 5.33. The number of ether oxygens (including phenoxy) is 1. The summed E-state index contributed by atoms with van der Waals surface area (Å²) in [7, 11) is 0. The van der Waals surface area contributed by atoms with Crippen LogP contribution in [-0.2, 0) is 4.74 Å². The summed E-state index contributed by atoms with van der Waals surface area (Å²) in [6.45, 7) is 9.44. The van der Waals surface area contributed by atoms with Gasteiger partial charge in [-0.1, -0.05) is 18.2 Å². The molecule has 3 heterocycles. The van der Waals surface area contributed by atoms with E-state index in [0.29, 0.717) is 17.3 Å². The second-order valence-electron chi connectivity index (χ2n) is 9.23. The molecule has 0 radical (unpaired) electrons. The Balaban J connectivity index is 1.47. The molecule has 0 saturated carbocycles. The zero-order valence-corrected chi connectivity index (χ0v) is 19.6. The molecule has 2 saturated heterocycles. The fourth-order valence-corrected chi connectivity index (χ4v) is 4.89. The monoisotopic (exact) mass is 461 g/mol. The summed E-state index contributed by atoms with van der Waals surface area (Å²) in [4.78, 5) is 9.60. The van der Waals surface area contributed by atoms with Crippen molar-refractivity contribution in [2.75, 3.05) is 44.3 Å². The van der Waals surface area contributed by atoms with Crippen LogP contribution in [0.15, 0.2) is 42.5 Å². The Morgan fingerprint density at radius 1 is 1.12 bits per heavy atom. The van der Waals surface area contributed by atoms with Crippen molar-refractivity contribution in [3.8, 4) is 11.1 Å². The molecule has 1 aromatic heterocycles. The number of aryl methyl sites for hydroxylation is 1. The number of hydroxylamine groups is 1. The molecule has 3 aromatic rings. The predicted molar refractivity (Wildman–Crippen MR) is 133 cm³/mol. The van der Waals surface area contributed by atoms with Gasteiger partial charge in [-0.05, 0) is 54.8 Å². The summed E-state index contributed by atoms with van der Waals surface area (Å²) in [5, 5.41) is 28.9. The maximum absolute atomic E-state index is 10.3. The molecule has 8 nitrogen and oxygen atoms in total.